The third kappa shape index (κ3) is 2.72. The van der Waals surface area contributed by atoms with Gasteiger partial charge in [0.1, 0.15) is 6.10 Å². The highest BCUT2D eigenvalue weighted by molar-refractivity contribution is 5.80. The Kier molecular flexibility index (Phi) is 3.23. The molecule has 1 aromatic rings. The molecule has 1 aromatic heterocycles. The fourth-order valence-corrected chi connectivity index (χ4v) is 1.48. The maximum atomic E-state index is 11.6. The third-order valence-electron chi connectivity index (χ3n) is 2.28. The third-order valence-corrected chi connectivity index (χ3v) is 2.28. The van der Waals surface area contributed by atoms with Gasteiger partial charge in [-0.3, -0.25) is 4.79 Å². The lowest BCUT2D eigenvalue weighted by Crippen LogP contribution is -2.38. The van der Waals surface area contributed by atoms with E-state index >= 15 is 0 Å². The molecule has 2 rings (SSSR count). The van der Waals surface area contributed by atoms with E-state index < -0.39 is 0 Å². The topological polar surface area (TPSA) is 92.8 Å². The van der Waals surface area contributed by atoms with Crippen LogP contribution in [0, 0.1) is 0 Å². The Bertz CT molecular complexity index is 307. The molecule has 0 aromatic carbocycles. The Hall–Kier alpha value is -1.50. The summed E-state index contributed by atoms with van der Waals surface area (Å²) in [6.07, 6.45) is 2.55. The quantitative estimate of drug-likeness (QED) is 0.695. The van der Waals surface area contributed by atoms with Crippen LogP contribution < -0.4 is 5.32 Å². The van der Waals surface area contributed by atoms with Crippen molar-refractivity contribution in [3.05, 3.63) is 5.82 Å². The predicted octanol–water partition coefficient (Wildman–Crippen LogP) is -0.615. The molecule has 82 valence electrons. The first kappa shape index (κ1) is 10.0. The van der Waals surface area contributed by atoms with Crippen LogP contribution in [0.25, 0.3) is 0 Å². The largest absolute Gasteiger partial charge is 0.368 e. The number of aromatic amines is 1. The van der Waals surface area contributed by atoms with E-state index in [4.69, 9.17) is 4.74 Å². The summed E-state index contributed by atoms with van der Waals surface area (Å²) < 4.78 is 5.33. The molecular weight excluding hydrogens is 198 g/mol. The number of hydrogen-bond acceptors (Lipinski definition) is 5. The van der Waals surface area contributed by atoms with E-state index in [1.54, 1.807) is 0 Å². The van der Waals surface area contributed by atoms with E-state index in [1.807, 2.05) is 0 Å². The molecule has 1 saturated heterocycles. The van der Waals surface area contributed by atoms with Crippen molar-refractivity contribution in [3.8, 4) is 0 Å². The fourth-order valence-electron chi connectivity index (χ4n) is 1.48. The molecule has 2 N–H and O–H groups in total. The molecule has 0 bridgehead atoms. The zero-order valence-corrected chi connectivity index (χ0v) is 8.27. The number of carbonyl (C=O) groups excluding carboxylic acids is 1. The Morgan fingerprint density at radius 3 is 3.20 bits per heavy atom. The standard InChI is InChI=1S/C8H13N5O2/c14-8(6-3-1-2-4-15-6)9-5-7-10-12-13-11-7/h6H,1-5H2,(H,9,14)(H,10,11,12,13). The van der Waals surface area contributed by atoms with E-state index in [1.165, 1.54) is 0 Å². The molecule has 1 aliphatic heterocycles. The summed E-state index contributed by atoms with van der Waals surface area (Å²) in [6.45, 7) is 0.954. The lowest BCUT2D eigenvalue weighted by molar-refractivity contribution is -0.135. The summed E-state index contributed by atoms with van der Waals surface area (Å²) in [4.78, 5) is 11.6. The van der Waals surface area contributed by atoms with Crippen LogP contribution in [-0.2, 0) is 16.1 Å². The Morgan fingerprint density at radius 2 is 2.53 bits per heavy atom. The minimum Gasteiger partial charge on any atom is -0.368 e. The van der Waals surface area contributed by atoms with Crippen LogP contribution in [0.2, 0.25) is 0 Å². The van der Waals surface area contributed by atoms with Crippen molar-refractivity contribution in [3.63, 3.8) is 0 Å². The Balaban J connectivity index is 1.76. The van der Waals surface area contributed by atoms with Gasteiger partial charge in [-0.25, -0.2) is 0 Å². The van der Waals surface area contributed by atoms with Gasteiger partial charge in [0.15, 0.2) is 5.82 Å². The number of H-pyrrole nitrogens is 1. The van der Waals surface area contributed by atoms with Crippen molar-refractivity contribution in [1.29, 1.82) is 0 Å². The van der Waals surface area contributed by atoms with E-state index in [2.05, 4.69) is 25.9 Å². The molecule has 7 nitrogen and oxygen atoms in total. The monoisotopic (exact) mass is 211 g/mol. The molecular formula is C8H13N5O2. The summed E-state index contributed by atoms with van der Waals surface area (Å²) in [6, 6.07) is 0. The molecule has 2 heterocycles. The summed E-state index contributed by atoms with van der Waals surface area (Å²) in [5.74, 6) is 0.374. The van der Waals surface area contributed by atoms with E-state index in [0.717, 1.165) is 19.3 Å². The van der Waals surface area contributed by atoms with Crippen LogP contribution in [0.5, 0.6) is 0 Å². The maximum Gasteiger partial charge on any atom is 0.249 e. The molecule has 1 aliphatic rings. The van der Waals surface area contributed by atoms with E-state index in [0.29, 0.717) is 12.4 Å². The van der Waals surface area contributed by atoms with Crippen LogP contribution in [0.3, 0.4) is 0 Å². The van der Waals surface area contributed by atoms with E-state index in [9.17, 15) is 4.79 Å². The molecule has 0 spiro atoms. The van der Waals surface area contributed by atoms with Gasteiger partial charge in [-0.15, -0.1) is 10.2 Å². The number of nitrogens with one attached hydrogen (secondary N) is 2. The molecule has 15 heavy (non-hydrogen) atoms. The number of aromatic nitrogens is 4. The Morgan fingerprint density at radius 1 is 1.60 bits per heavy atom. The predicted molar refractivity (Wildman–Crippen MR) is 49.6 cm³/mol. The van der Waals surface area contributed by atoms with Crippen LogP contribution in [0.1, 0.15) is 25.1 Å². The zero-order chi connectivity index (χ0) is 10.5. The van der Waals surface area contributed by atoms with Gasteiger partial charge in [0.2, 0.25) is 5.91 Å². The fraction of sp³-hybridized carbons (Fsp3) is 0.750. The van der Waals surface area contributed by atoms with Crippen LogP contribution >= 0.6 is 0 Å². The number of carbonyl (C=O) groups is 1. The van der Waals surface area contributed by atoms with Crippen LogP contribution in [0.15, 0.2) is 0 Å². The number of nitrogens with zero attached hydrogens (tertiary/aromatic N) is 3. The molecule has 7 heteroatoms. The number of ether oxygens (including phenoxy) is 1. The van der Waals surface area contributed by atoms with Crippen molar-refractivity contribution in [1.82, 2.24) is 25.9 Å². The van der Waals surface area contributed by atoms with Crippen molar-refractivity contribution in [2.24, 2.45) is 0 Å². The van der Waals surface area contributed by atoms with Crippen molar-refractivity contribution < 1.29 is 9.53 Å². The van der Waals surface area contributed by atoms with Gasteiger partial charge in [-0.05, 0) is 19.3 Å². The lowest BCUT2D eigenvalue weighted by atomic mass is 10.1. The average molecular weight is 211 g/mol. The highest BCUT2D eigenvalue weighted by Crippen LogP contribution is 2.12. The summed E-state index contributed by atoms with van der Waals surface area (Å²) >= 11 is 0. The minimum atomic E-state index is -0.314. The van der Waals surface area contributed by atoms with Crippen LogP contribution in [0.4, 0.5) is 0 Å². The normalized spacial score (nSPS) is 21.2. The number of amides is 1. The van der Waals surface area contributed by atoms with Crippen molar-refractivity contribution in [2.75, 3.05) is 6.61 Å². The maximum absolute atomic E-state index is 11.6. The SMILES string of the molecule is O=C(NCc1nn[nH]n1)C1CCCCO1. The molecule has 0 radical (unpaired) electrons. The first-order valence-electron chi connectivity index (χ1n) is 4.98. The summed E-state index contributed by atoms with van der Waals surface area (Å²) in [7, 11) is 0. The van der Waals surface area contributed by atoms with Gasteiger partial charge in [0.25, 0.3) is 0 Å². The van der Waals surface area contributed by atoms with Gasteiger partial charge >= 0.3 is 0 Å². The molecule has 1 atom stereocenters. The molecule has 1 fully saturated rings. The summed E-state index contributed by atoms with van der Waals surface area (Å²) in [5, 5.41) is 15.9. The molecule has 1 unspecified atom stereocenters. The minimum absolute atomic E-state index is 0.0977. The zero-order valence-electron chi connectivity index (χ0n) is 8.27. The molecule has 1 amide bonds. The van der Waals surface area contributed by atoms with Gasteiger partial charge in [0.05, 0.1) is 6.54 Å². The lowest BCUT2D eigenvalue weighted by Gasteiger charge is -2.21. The van der Waals surface area contributed by atoms with E-state index in [-0.39, 0.29) is 18.6 Å². The van der Waals surface area contributed by atoms with Gasteiger partial charge in [-0.2, -0.15) is 5.21 Å². The Labute approximate surface area is 86.6 Å². The highest BCUT2D eigenvalue weighted by Gasteiger charge is 2.21. The average Bonchev–Trinajstić information content (AvgIpc) is 2.80. The van der Waals surface area contributed by atoms with Crippen LogP contribution in [-0.4, -0.2) is 39.2 Å². The second kappa shape index (κ2) is 4.83. The number of hydrogen-bond donors (Lipinski definition) is 2. The second-order valence-corrected chi connectivity index (χ2v) is 3.40. The first-order valence-corrected chi connectivity index (χ1v) is 4.98. The smallest absolute Gasteiger partial charge is 0.249 e. The van der Waals surface area contributed by atoms with Crippen molar-refractivity contribution >= 4 is 5.91 Å². The van der Waals surface area contributed by atoms with Gasteiger partial charge < -0.3 is 10.1 Å². The number of tetrazole rings is 1. The highest BCUT2D eigenvalue weighted by atomic mass is 16.5. The molecule has 0 saturated carbocycles. The van der Waals surface area contributed by atoms with Gasteiger partial charge in [-0.1, -0.05) is 5.21 Å². The molecule has 0 aliphatic carbocycles. The van der Waals surface area contributed by atoms with Crippen molar-refractivity contribution in [2.45, 2.75) is 31.9 Å². The summed E-state index contributed by atoms with van der Waals surface area (Å²) in [5.41, 5.74) is 0. The first-order chi connectivity index (χ1) is 7.36. The van der Waals surface area contributed by atoms with Gasteiger partial charge in [0, 0.05) is 6.61 Å². The second-order valence-electron chi connectivity index (χ2n) is 3.40. The number of rotatable bonds is 3.